The second-order valence-electron chi connectivity index (χ2n) is 7.39. The summed E-state index contributed by atoms with van der Waals surface area (Å²) in [7, 11) is -3.96. The number of ether oxygens (including phenoxy) is 2. The van der Waals surface area contributed by atoms with E-state index in [1.807, 2.05) is 0 Å². The van der Waals surface area contributed by atoms with Crippen molar-refractivity contribution in [2.45, 2.75) is 42.8 Å². The van der Waals surface area contributed by atoms with Crippen LogP contribution in [0.15, 0.2) is 53.6 Å². The first-order chi connectivity index (χ1) is 14.0. The molecule has 1 aliphatic heterocycles. The molecular formula is C21H19FN2O4S. The van der Waals surface area contributed by atoms with Crippen molar-refractivity contribution in [3.63, 3.8) is 0 Å². The lowest BCUT2D eigenvalue weighted by molar-refractivity contribution is -0.105. The average molecular weight is 414 g/mol. The van der Waals surface area contributed by atoms with Crippen molar-refractivity contribution < 1.29 is 22.3 Å². The van der Waals surface area contributed by atoms with Gasteiger partial charge in [0.05, 0.1) is 10.6 Å². The molecule has 1 spiro atoms. The Kier molecular flexibility index (Phi) is 4.13. The van der Waals surface area contributed by atoms with Gasteiger partial charge in [-0.05, 0) is 49.2 Å². The maximum absolute atomic E-state index is 14.0. The maximum Gasteiger partial charge on any atom is 0.262 e. The molecular weight excluding hydrogens is 395 g/mol. The molecule has 1 N–H and O–H groups in total. The Morgan fingerprint density at radius 2 is 1.79 bits per heavy atom. The second kappa shape index (κ2) is 6.59. The monoisotopic (exact) mass is 414 g/mol. The number of aromatic nitrogens is 1. The van der Waals surface area contributed by atoms with Gasteiger partial charge < -0.3 is 9.47 Å². The highest BCUT2D eigenvalue weighted by Crippen LogP contribution is 2.46. The van der Waals surface area contributed by atoms with Crippen LogP contribution in [-0.2, 0) is 10.0 Å². The highest BCUT2D eigenvalue weighted by Gasteiger charge is 2.42. The topological polar surface area (TPSA) is 77.5 Å². The summed E-state index contributed by atoms with van der Waals surface area (Å²) in [4.78, 5) is 3.92. The predicted molar refractivity (Wildman–Crippen MR) is 106 cm³/mol. The van der Waals surface area contributed by atoms with Crippen molar-refractivity contribution in [1.82, 2.24) is 4.98 Å². The number of rotatable bonds is 3. The van der Waals surface area contributed by atoms with E-state index in [-0.39, 0.29) is 15.8 Å². The molecule has 1 fully saturated rings. The third kappa shape index (κ3) is 3.17. The summed E-state index contributed by atoms with van der Waals surface area (Å²) < 4.78 is 54.6. The van der Waals surface area contributed by atoms with Crippen LogP contribution in [0.2, 0.25) is 0 Å². The second-order valence-corrected chi connectivity index (χ2v) is 9.04. The minimum atomic E-state index is -3.96. The molecule has 29 heavy (non-hydrogen) atoms. The molecule has 0 radical (unpaired) electrons. The lowest BCUT2D eigenvalue weighted by atomic mass is 9.94. The van der Waals surface area contributed by atoms with E-state index in [0.717, 1.165) is 38.2 Å². The molecule has 2 heterocycles. The summed E-state index contributed by atoms with van der Waals surface area (Å²) in [5, 5.41) is 0.224. The van der Waals surface area contributed by atoms with Gasteiger partial charge in [0.1, 0.15) is 11.3 Å². The normalized spacial score (nSPS) is 17.6. The molecule has 2 aliphatic rings. The van der Waals surface area contributed by atoms with Gasteiger partial charge in [-0.1, -0.05) is 6.42 Å². The van der Waals surface area contributed by atoms with Crippen molar-refractivity contribution in [3.05, 3.63) is 54.5 Å². The third-order valence-electron chi connectivity index (χ3n) is 5.37. The molecule has 150 valence electrons. The van der Waals surface area contributed by atoms with E-state index in [1.54, 1.807) is 24.3 Å². The van der Waals surface area contributed by atoms with Gasteiger partial charge in [0.25, 0.3) is 15.8 Å². The van der Waals surface area contributed by atoms with Crippen molar-refractivity contribution in [2.24, 2.45) is 0 Å². The summed E-state index contributed by atoms with van der Waals surface area (Å²) in [6.07, 6.45) is 6.30. The number of hydrogen-bond acceptors (Lipinski definition) is 5. The van der Waals surface area contributed by atoms with Crippen LogP contribution in [0.3, 0.4) is 0 Å². The molecule has 0 amide bonds. The lowest BCUT2D eigenvalue weighted by Gasteiger charge is -2.31. The lowest BCUT2D eigenvalue weighted by Crippen LogP contribution is -2.40. The van der Waals surface area contributed by atoms with Crippen molar-refractivity contribution in [3.8, 4) is 11.5 Å². The van der Waals surface area contributed by atoms with E-state index >= 15 is 0 Å². The Hall–Kier alpha value is -2.87. The van der Waals surface area contributed by atoms with E-state index in [0.29, 0.717) is 17.2 Å². The number of pyridine rings is 1. The molecule has 0 saturated heterocycles. The summed E-state index contributed by atoms with van der Waals surface area (Å²) in [5.74, 6) is -0.0545. The van der Waals surface area contributed by atoms with E-state index in [1.165, 1.54) is 18.3 Å². The van der Waals surface area contributed by atoms with Crippen LogP contribution in [0.5, 0.6) is 11.5 Å². The standard InChI is InChI=1S/C21H19FN2O4S/c22-16-7-9-19(15-5-4-12-23-20(15)16)29(25,26)24-14-6-8-17-18(13-14)28-21(27-17)10-2-1-3-11-21/h4-9,12-13,24H,1-3,10-11H2. The number of anilines is 1. The predicted octanol–water partition coefficient (Wildman–Crippen LogP) is 4.61. The van der Waals surface area contributed by atoms with Gasteiger partial charge in [-0.3, -0.25) is 9.71 Å². The Labute approximate surface area is 167 Å². The quantitative estimate of drug-likeness (QED) is 0.677. The highest BCUT2D eigenvalue weighted by atomic mass is 32.2. The van der Waals surface area contributed by atoms with Crippen LogP contribution in [0.25, 0.3) is 10.9 Å². The summed E-state index contributed by atoms with van der Waals surface area (Å²) in [6.45, 7) is 0. The zero-order valence-electron chi connectivity index (χ0n) is 15.5. The average Bonchev–Trinajstić information content (AvgIpc) is 3.05. The minimum absolute atomic E-state index is 0.0142. The van der Waals surface area contributed by atoms with E-state index in [9.17, 15) is 12.8 Å². The van der Waals surface area contributed by atoms with Crippen LogP contribution in [-0.4, -0.2) is 19.2 Å². The molecule has 0 bridgehead atoms. The molecule has 1 aromatic heterocycles. The number of sulfonamides is 1. The van der Waals surface area contributed by atoms with Gasteiger partial charge in [-0.25, -0.2) is 12.8 Å². The van der Waals surface area contributed by atoms with Gasteiger partial charge in [0.15, 0.2) is 11.5 Å². The van der Waals surface area contributed by atoms with Crippen LogP contribution in [0.4, 0.5) is 10.1 Å². The molecule has 6 nitrogen and oxygen atoms in total. The molecule has 3 aromatic rings. The van der Waals surface area contributed by atoms with Gasteiger partial charge in [0, 0.05) is 30.5 Å². The summed E-state index contributed by atoms with van der Waals surface area (Å²) in [5.41, 5.74) is 0.363. The Balaban J connectivity index is 1.46. The van der Waals surface area contributed by atoms with Crippen LogP contribution in [0, 0.1) is 5.82 Å². The summed E-state index contributed by atoms with van der Waals surface area (Å²) in [6, 6.07) is 10.4. The molecule has 5 rings (SSSR count). The minimum Gasteiger partial charge on any atom is -0.448 e. The zero-order chi connectivity index (χ0) is 20.1. The molecule has 1 aliphatic carbocycles. The number of nitrogens with one attached hydrogen (secondary N) is 1. The number of halogens is 1. The molecule has 0 unspecified atom stereocenters. The van der Waals surface area contributed by atoms with Crippen molar-refractivity contribution >= 4 is 26.6 Å². The first-order valence-electron chi connectivity index (χ1n) is 9.54. The van der Waals surface area contributed by atoms with Gasteiger partial charge in [-0.2, -0.15) is 0 Å². The first-order valence-corrected chi connectivity index (χ1v) is 11.0. The molecule has 1 saturated carbocycles. The molecule has 8 heteroatoms. The number of benzene rings is 2. The molecule has 0 atom stereocenters. The van der Waals surface area contributed by atoms with E-state index < -0.39 is 21.6 Å². The zero-order valence-corrected chi connectivity index (χ0v) is 16.3. The first kappa shape index (κ1) is 18.2. The largest absolute Gasteiger partial charge is 0.448 e. The van der Waals surface area contributed by atoms with Crippen LogP contribution in [0.1, 0.15) is 32.1 Å². The van der Waals surface area contributed by atoms with Gasteiger partial charge in [0.2, 0.25) is 0 Å². The SMILES string of the molecule is O=S(=O)(Nc1ccc2c(c1)OC1(CCCCC1)O2)c1ccc(F)c2ncccc12. The fourth-order valence-corrected chi connectivity index (χ4v) is 5.26. The Bertz CT molecular complexity index is 1210. The third-order valence-corrected chi connectivity index (χ3v) is 6.81. The maximum atomic E-state index is 14.0. The van der Waals surface area contributed by atoms with Crippen LogP contribution >= 0.6 is 0 Å². The smallest absolute Gasteiger partial charge is 0.262 e. The van der Waals surface area contributed by atoms with E-state index in [4.69, 9.17) is 9.47 Å². The number of hydrogen-bond donors (Lipinski definition) is 1. The summed E-state index contributed by atoms with van der Waals surface area (Å²) >= 11 is 0. The van der Waals surface area contributed by atoms with Crippen molar-refractivity contribution in [1.29, 1.82) is 0 Å². The van der Waals surface area contributed by atoms with E-state index in [2.05, 4.69) is 9.71 Å². The fraction of sp³-hybridized carbons (Fsp3) is 0.286. The van der Waals surface area contributed by atoms with Gasteiger partial charge >= 0.3 is 0 Å². The fourth-order valence-electron chi connectivity index (χ4n) is 4.01. The Morgan fingerprint density at radius 3 is 2.62 bits per heavy atom. The number of nitrogens with zero attached hydrogens (tertiary/aromatic N) is 1. The molecule has 2 aromatic carbocycles. The van der Waals surface area contributed by atoms with Crippen molar-refractivity contribution in [2.75, 3.05) is 4.72 Å². The highest BCUT2D eigenvalue weighted by molar-refractivity contribution is 7.93. The van der Waals surface area contributed by atoms with Crippen LogP contribution < -0.4 is 14.2 Å². The Morgan fingerprint density at radius 1 is 1.00 bits per heavy atom. The van der Waals surface area contributed by atoms with Gasteiger partial charge in [-0.15, -0.1) is 0 Å². The number of fused-ring (bicyclic) bond motifs is 2.